The van der Waals surface area contributed by atoms with Gasteiger partial charge in [0.05, 0.1) is 4.92 Å². The number of aryl methyl sites for hydroxylation is 1. The van der Waals surface area contributed by atoms with Gasteiger partial charge in [-0.3, -0.25) is 14.9 Å². The van der Waals surface area contributed by atoms with Crippen molar-refractivity contribution in [2.45, 2.75) is 31.9 Å². The van der Waals surface area contributed by atoms with Crippen molar-refractivity contribution in [2.75, 3.05) is 13.1 Å². The number of aromatic nitrogens is 2. The van der Waals surface area contributed by atoms with Gasteiger partial charge in [0, 0.05) is 36.2 Å². The van der Waals surface area contributed by atoms with Gasteiger partial charge in [0.25, 0.3) is 11.6 Å². The maximum atomic E-state index is 12.6. The lowest BCUT2D eigenvalue weighted by Crippen LogP contribution is -2.38. The van der Waals surface area contributed by atoms with Gasteiger partial charge in [-0.05, 0) is 25.8 Å². The van der Waals surface area contributed by atoms with Crippen LogP contribution in [0.4, 0.5) is 18.9 Å². The first-order valence-corrected chi connectivity index (χ1v) is 8.11. The predicted octanol–water partition coefficient (Wildman–Crippen LogP) is 3.32. The molecule has 1 aromatic heterocycles. The van der Waals surface area contributed by atoms with Gasteiger partial charge in [-0.2, -0.15) is 13.2 Å². The van der Waals surface area contributed by atoms with Crippen molar-refractivity contribution >= 4 is 11.6 Å². The first-order valence-electron chi connectivity index (χ1n) is 8.11. The highest BCUT2D eigenvalue weighted by Gasteiger charge is 2.39. The van der Waals surface area contributed by atoms with Gasteiger partial charge in [0.15, 0.2) is 0 Å². The number of piperidine rings is 1. The topological polar surface area (TPSA) is 102 Å². The molecule has 1 saturated heterocycles. The summed E-state index contributed by atoms with van der Waals surface area (Å²) in [5, 5.41) is 17.5. The Hall–Kier alpha value is -2.98. The van der Waals surface area contributed by atoms with Gasteiger partial charge in [-0.25, -0.2) is 0 Å². The molecule has 3 rings (SSSR count). The van der Waals surface area contributed by atoms with E-state index in [2.05, 4.69) is 10.2 Å². The average Bonchev–Trinajstić information content (AvgIpc) is 3.12. The quantitative estimate of drug-likeness (QED) is 0.594. The Kier molecular flexibility index (Phi) is 4.85. The smallest absolute Gasteiger partial charge is 0.417 e. The van der Waals surface area contributed by atoms with E-state index >= 15 is 0 Å². The molecule has 0 atom stereocenters. The fourth-order valence-electron chi connectivity index (χ4n) is 2.97. The lowest BCUT2D eigenvalue weighted by Gasteiger charge is -2.30. The Morgan fingerprint density at radius 2 is 1.96 bits per heavy atom. The third kappa shape index (κ3) is 3.91. The summed E-state index contributed by atoms with van der Waals surface area (Å²) in [4.78, 5) is 24.5. The lowest BCUT2D eigenvalue weighted by atomic mass is 9.96. The SMILES string of the molecule is Cc1ccc(C(=O)N2CCC(c3nnc(C(F)(F)F)o3)CC2)cc1[N+](=O)[O-]. The maximum absolute atomic E-state index is 12.6. The van der Waals surface area contributed by atoms with Gasteiger partial charge >= 0.3 is 12.1 Å². The monoisotopic (exact) mass is 384 g/mol. The Balaban J connectivity index is 1.67. The molecular weight excluding hydrogens is 369 g/mol. The number of carbonyl (C=O) groups is 1. The normalized spacial score (nSPS) is 15.8. The number of rotatable bonds is 3. The Bertz CT molecular complexity index is 873. The fraction of sp³-hybridized carbons (Fsp3) is 0.438. The van der Waals surface area contributed by atoms with E-state index in [4.69, 9.17) is 4.42 Å². The Labute approximate surface area is 151 Å². The second-order valence-corrected chi connectivity index (χ2v) is 6.27. The van der Waals surface area contributed by atoms with Gasteiger partial charge in [0.1, 0.15) is 0 Å². The summed E-state index contributed by atoms with van der Waals surface area (Å²) in [6, 6.07) is 4.26. The minimum Gasteiger partial charge on any atom is -0.417 e. The molecule has 0 spiro atoms. The summed E-state index contributed by atoms with van der Waals surface area (Å²) >= 11 is 0. The van der Waals surface area contributed by atoms with Crippen LogP contribution in [-0.2, 0) is 6.18 Å². The molecule has 2 aromatic rings. The van der Waals surface area contributed by atoms with Crippen molar-refractivity contribution in [1.29, 1.82) is 0 Å². The number of hydrogen-bond acceptors (Lipinski definition) is 6. The summed E-state index contributed by atoms with van der Waals surface area (Å²) in [6.45, 7) is 2.13. The highest BCUT2D eigenvalue weighted by atomic mass is 19.4. The first kappa shape index (κ1) is 18.8. The van der Waals surface area contributed by atoms with E-state index in [0.29, 0.717) is 18.4 Å². The second-order valence-electron chi connectivity index (χ2n) is 6.27. The number of alkyl halides is 3. The van der Waals surface area contributed by atoms with Crippen LogP contribution < -0.4 is 0 Å². The van der Waals surface area contributed by atoms with Crippen molar-refractivity contribution in [3.8, 4) is 0 Å². The zero-order chi connectivity index (χ0) is 19.8. The van der Waals surface area contributed by atoms with Crippen LogP contribution in [0.25, 0.3) is 0 Å². The molecule has 0 saturated carbocycles. The molecule has 2 heterocycles. The minimum atomic E-state index is -4.69. The highest BCUT2D eigenvalue weighted by molar-refractivity contribution is 5.95. The fourth-order valence-corrected chi connectivity index (χ4v) is 2.97. The lowest BCUT2D eigenvalue weighted by molar-refractivity contribution is -0.385. The van der Waals surface area contributed by atoms with Gasteiger partial charge in [-0.15, -0.1) is 10.2 Å². The van der Waals surface area contributed by atoms with E-state index in [-0.39, 0.29) is 42.1 Å². The van der Waals surface area contributed by atoms with Crippen molar-refractivity contribution < 1.29 is 27.3 Å². The van der Waals surface area contributed by atoms with Crippen molar-refractivity contribution in [1.82, 2.24) is 15.1 Å². The number of carbonyl (C=O) groups excluding carboxylic acids is 1. The summed E-state index contributed by atoms with van der Waals surface area (Å²) in [5.74, 6) is -2.22. The van der Waals surface area contributed by atoms with E-state index in [0.717, 1.165) is 0 Å². The minimum absolute atomic E-state index is 0.0969. The van der Waals surface area contributed by atoms with Crippen molar-refractivity contribution in [2.24, 2.45) is 0 Å². The van der Waals surface area contributed by atoms with Gasteiger partial charge in [-0.1, -0.05) is 6.07 Å². The summed E-state index contributed by atoms with van der Waals surface area (Å²) in [6.07, 6.45) is -3.97. The van der Waals surface area contributed by atoms with E-state index in [1.54, 1.807) is 6.92 Å². The number of nitro groups is 1. The standard InChI is InChI=1S/C16H15F3N4O4/c1-9-2-3-11(8-12(9)23(25)26)14(24)22-6-4-10(5-7-22)13-20-21-15(27-13)16(17,18)19/h2-3,8,10H,4-7H2,1H3. The molecule has 0 N–H and O–H groups in total. The molecule has 8 nitrogen and oxygen atoms in total. The number of likely N-dealkylation sites (tertiary alicyclic amines) is 1. The van der Waals surface area contributed by atoms with Crippen LogP contribution in [0.3, 0.4) is 0 Å². The summed E-state index contributed by atoms with van der Waals surface area (Å²) < 4.78 is 42.3. The first-order chi connectivity index (χ1) is 12.7. The molecule has 1 fully saturated rings. The molecule has 0 unspecified atom stereocenters. The number of nitrogens with zero attached hydrogens (tertiary/aromatic N) is 4. The third-order valence-electron chi connectivity index (χ3n) is 4.47. The van der Waals surface area contributed by atoms with Crippen molar-refractivity contribution in [3.63, 3.8) is 0 Å². The summed E-state index contributed by atoms with van der Waals surface area (Å²) in [5.41, 5.74) is 0.510. The number of amides is 1. The summed E-state index contributed by atoms with van der Waals surface area (Å²) in [7, 11) is 0. The maximum Gasteiger partial charge on any atom is 0.470 e. The Morgan fingerprint density at radius 1 is 1.30 bits per heavy atom. The van der Waals surface area contributed by atoms with Crippen LogP contribution in [-0.4, -0.2) is 39.0 Å². The zero-order valence-corrected chi connectivity index (χ0v) is 14.2. The molecule has 27 heavy (non-hydrogen) atoms. The molecule has 1 aromatic carbocycles. The molecular formula is C16H15F3N4O4. The van der Waals surface area contributed by atoms with Gasteiger partial charge in [0.2, 0.25) is 5.89 Å². The van der Waals surface area contributed by atoms with Crippen LogP contribution in [0.15, 0.2) is 22.6 Å². The van der Waals surface area contributed by atoms with Crippen LogP contribution in [0.1, 0.15) is 46.5 Å². The van der Waals surface area contributed by atoms with E-state index in [1.165, 1.54) is 23.1 Å². The van der Waals surface area contributed by atoms with E-state index in [1.807, 2.05) is 0 Å². The zero-order valence-electron chi connectivity index (χ0n) is 14.2. The highest BCUT2D eigenvalue weighted by Crippen LogP contribution is 2.33. The molecule has 144 valence electrons. The number of benzene rings is 1. The van der Waals surface area contributed by atoms with Crippen LogP contribution in [0.5, 0.6) is 0 Å². The molecule has 0 radical (unpaired) electrons. The van der Waals surface area contributed by atoms with Crippen LogP contribution in [0.2, 0.25) is 0 Å². The molecule has 1 aliphatic heterocycles. The Morgan fingerprint density at radius 3 is 2.52 bits per heavy atom. The van der Waals surface area contributed by atoms with Crippen LogP contribution in [0, 0.1) is 17.0 Å². The molecule has 1 aliphatic rings. The average molecular weight is 384 g/mol. The van der Waals surface area contributed by atoms with Crippen molar-refractivity contribution in [3.05, 3.63) is 51.2 Å². The molecule has 11 heteroatoms. The number of halogens is 3. The van der Waals surface area contributed by atoms with Crippen LogP contribution >= 0.6 is 0 Å². The molecule has 1 amide bonds. The molecule has 0 aliphatic carbocycles. The largest absolute Gasteiger partial charge is 0.470 e. The second kappa shape index (κ2) is 6.97. The number of nitro benzene ring substituents is 1. The van der Waals surface area contributed by atoms with E-state index in [9.17, 15) is 28.1 Å². The predicted molar refractivity (Wildman–Crippen MR) is 85.0 cm³/mol. The van der Waals surface area contributed by atoms with E-state index < -0.39 is 17.0 Å². The van der Waals surface area contributed by atoms with Gasteiger partial charge < -0.3 is 9.32 Å². The molecule has 0 bridgehead atoms. The third-order valence-corrected chi connectivity index (χ3v) is 4.47. The number of hydrogen-bond donors (Lipinski definition) is 0.